The van der Waals surface area contributed by atoms with Gasteiger partial charge in [-0.15, -0.1) is 11.3 Å². The molecule has 21 heavy (non-hydrogen) atoms. The smallest absolute Gasteiger partial charge is 0.250 e. The molecule has 1 unspecified atom stereocenters. The molecule has 0 aliphatic carbocycles. The zero-order valence-electron chi connectivity index (χ0n) is 11.7. The quantitative estimate of drug-likeness (QED) is 0.821. The number of nitrogens with one attached hydrogen (secondary N) is 1. The summed E-state index contributed by atoms with van der Waals surface area (Å²) >= 11 is 5.92. The molecule has 1 aromatic heterocycles. The zero-order valence-corrected chi connectivity index (χ0v) is 14.1. The van der Waals surface area contributed by atoms with Crippen molar-refractivity contribution in [3.05, 3.63) is 52.4 Å². The maximum atomic E-state index is 12.3. The van der Waals surface area contributed by atoms with Crippen LogP contribution in [0.2, 0.25) is 0 Å². The highest BCUT2D eigenvalue weighted by molar-refractivity contribution is 7.91. The van der Waals surface area contributed by atoms with Gasteiger partial charge in [-0.25, -0.2) is 13.1 Å². The molecule has 0 saturated carbocycles. The SMILES string of the molecule is Cc1ccc(C(C)NS(=O)(=O)c2ccc(C(N)=S)s2)cc1. The molecular formula is C14H16N2O2S3. The van der Waals surface area contributed by atoms with Crippen LogP contribution in [-0.4, -0.2) is 13.4 Å². The van der Waals surface area contributed by atoms with Crippen molar-refractivity contribution in [3.8, 4) is 0 Å². The van der Waals surface area contributed by atoms with Crippen LogP contribution in [0.3, 0.4) is 0 Å². The number of nitrogens with two attached hydrogens (primary N) is 1. The molecule has 1 aromatic carbocycles. The van der Waals surface area contributed by atoms with E-state index < -0.39 is 10.0 Å². The van der Waals surface area contributed by atoms with Crippen LogP contribution in [0.15, 0.2) is 40.6 Å². The maximum absolute atomic E-state index is 12.3. The van der Waals surface area contributed by atoms with E-state index in [2.05, 4.69) is 4.72 Å². The molecule has 0 bridgehead atoms. The highest BCUT2D eigenvalue weighted by Crippen LogP contribution is 2.23. The molecule has 1 heterocycles. The molecule has 112 valence electrons. The predicted molar refractivity (Wildman–Crippen MR) is 90.1 cm³/mol. The molecule has 3 N–H and O–H groups in total. The Hall–Kier alpha value is -1.28. The lowest BCUT2D eigenvalue weighted by molar-refractivity contribution is 0.569. The van der Waals surface area contributed by atoms with Crippen LogP contribution < -0.4 is 10.5 Å². The molecule has 0 spiro atoms. The van der Waals surface area contributed by atoms with E-state index in [1.165, 1.54) is 6.07 Å². The fourth-order valence-electron chi connectivity index (χ4n) is 1.81. The van der Waals surface area contributed by atoms with Crippen molar-refractivity contribution in [3.63, 3.8) is 0 Å². The van der Waals surface area contributed by atoms with Crippen molar-refractivity contribution in [2.24, 2.45) is 5.73 Å². The van der Waals surface area contributed by atoms with Crippen LogP contribution in [0.1, 0.15) is 29.0 Å². The first-order valence-corrected chi connectivity index (χ1v) is 8.99. The number of hydrogen-bond donors (Lipinski definition) is 2. The lowest BCUT2D eigenvalue weighted by Crippen LogP contribution is -2.26. The highest BCUT2D eigenvalue weighted by Gasteiger charge is 2.20. The summed E-state index contributed by atoms with van der Waals surface area (Å²) in [6, 6.07) is 10.6. The maximum Gasteiger partial charge on any atom is 0.250 e. The van der Waals surface area contributed by atoms with Gasteiger partial charge in [0.05, 0.1) is 4.88 Å². The Bertz CT molecular complexity index is 749. The molecule has 0 amide bonds. The Morgan fingerprint density at radius 3 is 2.38 bits per heavy atom. The first-order valence-electron chi connectivity index (χ1n) is 6.28. The lowest BCUT2D eigenvalue weighted by atomic mass is 10.1. The molecule has 2 aromatic rings. The Labute approximate surface area is 134 Å². The average molecular weight is 340 g/mol. The normalized spacial score (nSPS) is 13.0. The molecule has 2 rings (SSSR count). The summed E-state index contributed by atoms with van der Waals surface area (Å²) in [5.41, 5.74) is 7.55. The summed E-state index contributed by atoms with van der Waals surface area (Å²) in [5, 5.41) is 0. The van der Waals surface area contributed by atoms with E-state index in [1.807, 2.05) is 38.1 Å². The first-order chi connectivity index (χ1) is 9.79. The third-order valence-electron chi connectivity index (χ3n) is 3.00. The number of thiophene rings is 1. The molecular weight excluding hydrogens is 324 g/mol. The van der Waals surface area contributed by atoms with Gasteiger partial charge in [0.25, 0.3) is 10.0 Å². The van der Waals surface area contributed by atoms with Crippen LogP contribution in [0.4, 0.5) is 0 Å². The fourth-order valence-corrected chi connectivity index (χ4v) is 4.41. The molecule has 0 fully saturated rings. The van der Waals surface area contributed by atoms with Gasteiger partial charge in [-0.3, -0.25) is 0 Å². The summed E-state index contributed by atoms with van der Waals surface area (Å²) in [5.74, 6) is 0. The van der Waals surface area contributed by atoms with Gasteiger partial charge in [-0.05, 0) is 31.5 Å². The third-order valence-corrected chi connectivity index (χ3v) is 6.50. The van der Waals surface area contributed by atoms with Crippen LogP contribution in [0, 0.1) is 6.92 Å². The second-order valence-electron chi connectivity index (χ2n) is 4.74. The Morgan fingerprint density at radius 1 is 1.24 bits per heavy atom. The van der Waals surface area contributed by atoms with E-state index >= 15 is 0 Å². The van der Waals surface area contributed by atoms with Gasteiger partial charge >= 0.3 is 0 Å². The van der Waals surface area contributed by atoms with E-state index in [9.17, 15) is 8.42 Å². The number of rotatable bonds is 5. The predicted octanol–water partition coefficient (Wildman–Crippen LogP) is 2.73. The topological polar surface area (TPSA) is 72.2 Å². The van der Waals surface area contributed by atoms with Crippen molar-refractivity contribution in [1.29, 1.82) is 0 Å². The van der Waals surface area contributed by atoms with Crippen LogP contribution in [0.25, 0.3) is 0 Å². The van der Waals surface area contributed by atoms with Crippen LogP contribution in [-0.2, 0) is 10.0 Å². The minimum absolute atomic E-state index is 0.202. The van der Waals surface area contributed by atoms with Gasteiger partial charge in [0.1, 0.15) is 9.20 Å². The van der Waals surface area contributed by atoms with Crippen molar-refractivity contribution in [2.45, 2.75) is 24.1 Å². The number of hydrogen-bond acceptors (Lipinski definition) is 4. The van der Waals surface area contributed by atoms with Crippen molar-refractivity contribution in [1.82, 2.24) is 4.72 Å². The first kappa shape index (κ1) is 16.1. The minimum atomic E-state index is -3.58. The summed E-state index contributed by atoms with van der Waals surface area (Å²) in [7, 11) is -3.58. The van der Waals surface area contributed by atoms with E-state index in [4.69, 9.17) is 18.0 Å². The molecule has 0 radical (unpaired) electrons. The number of thiocarbonyl (C=S) groups is 1. The monoisotopic (exact) mass is 340 g/mol. The minimum Gasteiger partial charge on any atom is -0.389 e. The van der Waals surface area contributed by atoms with Gasteiger partial charge in [-0.2, -0.15) is 0 Å². The van der Waals surface area contributed by atoms with Gasteiger partial charge in [0, 0.05) is 6.04 Å². The Morgan fingerprint density at radius 2 is 1.86 bits per heavy atom. The van der Waals surface area contributed by atoms with E-state index in [1.54, 1.807) is 6.07 Å². The Kier molecular flexibility index (Phi) is 4.77. The van der Waals surface area contributed by atoms with Gasteiger partial charge in [-0.1, -0.05) is 42.0 Å². The highest BCUT2D eigenvalue weighted by atomic mass is 32.2. The molecule has 0 aliphatic rings. The summed E-state index contributed by atoms with van der Waals surface area (Å²) in [6.07, 6.45) is 0. The second kappa shape index (κ2) is 6.23. The third kappa shape index (κ3) is 3.88. The average Bonchev–Trinajstić information content (AvgIpc) is 2.89. The zero-order chi connectivity index (χ0) is 15.6. The molecule has 1 atom stereocenters. The van der Waals surface area contributed by atoms with Crippen LogP contribution >= 0.6 is 23.6 Å². The molecule has 0 saturated heterocycles. The Balaban J connectivity index is 2.20. The molecule has 7 heteroatoms. The molecule has 4 nitrogen and oxygen atoms in total. The van der Waals surface area contributed by atoms with Gasteiger partial charge < -0.3 is 5.73 Å². The van der Waals surface area contributed by atoms with Crippen molar-refractivity contribution in [2.75, 3.05) is 0 Å². The van der Waals surface area contributed by atoms with Crippen LogP contribution in [0.5, 0.6) is 0 Å². The second-order valence-corrected chi connectivity index (χ2v) is 8.20. The summed E-state index contributed by atoms with van der Waals surface area (Å²) in [6.45, 7) is 3.80. The molecule has 0 aliphatic heterocycles. The summed E-state index contributed by atoms with van der Waals surface area (Å²) in [4.78, 5) is 0.793. The number of sulfonamides is 1. The largest absolute Gasteiger partial charge is 0.389 e. The van der Waals surface area contributed by atoms with E-state index in [0.717, 1.165) is 22.5 Å². The van der Waals surface area contributed by atoms with Gasteiger partial charge in [0.2, 0.25) is 0 Å². The fraction of sp³-hybridized carbons (Fsp3) is 0.214. The number of aryl methyl sites for hydroxylation is 1. The lowest BCUT2D eigenvalue weighted by Gasteiger charge is -2.14. The standard InChI is InChI=1S/C14H16N2O2S3/c1-9-3-5-11(6-4-9)10(2)16-21(17,18)13-8-7-12(20-13)14(15)19/h3-8,10,16H,1-2H3,(H2,15,19). The van der Waals surface area contributed by atoms with Gasteiger partial charge in [0.15, 0.2) is 0 Å². The van der Waals surface area contributed by atoms with E-state index in [0.29, 0.717) is 4.88 Å². The van der Waals surface area contributed by atoms with Crippen molar-refractivity contribution < 1.29 is 8.42 Å². The van der Waals surface area contributed by atoms with Crippen molar-refractivity contribution >= 4 is 38.6 Å². The number of benzene rings is 1. The van der Waals surface area contributed by atoms with E-state index in [-0.39, 0.29) is 15.2 Å². The summed E-state index contributed by atoms with van der Waals surface area (Å²) < 4.78 is 27.5.